The minimum absolute atomic E-state index is 0.850. The Balaban J connectivity index is 1.42. The second-order valence-electron chi connectivity index (χ2n) is 6.33. The van der Waals surface area contributed by atoms with E-state index in [1.807, 2.05) is 16.9 Å². The lowest BCUT2D eigenvalue weighted by atomic mass is 9.88. The Kier molecular flexibility index (Phi) is 3.49. The molecule has 4 heteroatoms. The van der Waals surface area contributed by atoms with E-state index in [0.717, 1.165) is 24.1 Å². The number of rotatable bonds is 3. The highest BCUT2D eigenvalue weighted by atomic mass is 15.3. The summed E-state index contributed by atoms with van der Waals surface area (Å²) in [5, 5.41) is 8.03. The van der Waals surface area contributed by atoms with Crippen LogP contribution in [0.1, 0.15) is 12.0 Å². The third-order valence-electron chi connectivity index (χ3n) is 4.85. The maximum Gasteiger partial charge on any atom is 0.0645 e. The van der Waals surface area contributed by atoms with Crippen molar-refractivity contribution in [3.8, 4) is 5.69 Å². The first-order chi connectivity index (χ1) is 10.4. The van der Waals surface area contributed by atoms with Crippen LogP contribution in [0.25, 0.3) is 5.69 Å². The van der Waals surface area contributed by atoms with Crippen molar-refractivity contribution in [2.75, 3.05) is 26.2 Å². The fraction of sp³-hybridized carbons (Fsp3) is 0.471. The molecule has 2 saturated heterocycles. The average Bonchev–Trinajstić information content (AvgIpc) is 3.17. The van der Waals surface area contributed by atoms with Crippen LogP contribution in [0.5, 0.6) is 0 Å². The summed E-state index contributed by atoms with van der Waals surface area (Å²) in [4.78, 5) is 2.58. The molecule has 1 aromatic heterocycles. The van der Waals surface area contributed by atoms with Crippen molar-refractivity contribution in [2.24, 2.45) is 11.8 Å². The number of likely N-dealkylation sites (tertiary alicyclic amines) is 1. The van der Waals surface area contributed by atoms with Gasteiger partial charge in [0.05, 0.1) is 11.9 Å². The molecular formula is C17H22N4. The van der Waals surface area contributed by atoms with Gasteiger partial charge in [-0.25, -0.2) is 4.68 Å². The molecule has 0 amide bonds. The van der Waals surface area contributed by atoms with Gasteiger partial charge in [0, 0.05) is 24.8 Å². The van der Waals surface area contributed by atoms with Gasteiger partial charge in [0.25, 0.3) is 0 Å². The van der Waals surface area contributed by atoms with E-state index in [2.05, 4.69) is 45.8 Å². The number of hydrogen-bond donors (Lipinski definition) is 1. The zero-order chi connectivity index (χ0) is 14.1. The van der Waals surface area contributed by atoms with Crippen LogP contribution in [0, 0.1) is 11.8 Å². The molecule has 21 heavy (non-hydrogen) atoms. The Labute approximate surface area is 125 Å². The number of hydrogen-bond acceptors (Lipinski definition) is 3. The van der Waals surface area contributed by atoms with Crippen LogP contribution < -0.4 is 5.32 Å². The second-order valence-corrected chi connectivity index (χ2v) is 6.33. The Morgan fingerprint density at radius 3 is 2.90 bits per heavy atom. The first-order valence-corrected chi connectivity index (χ1v) is 7.90. The number of benzene rings is 1. The van der Waals surface area contributed by atoms with Gasteiger partial charge in [-0.2, -0.15) is 5.10 Å². The Morgan fingerprint density at radius 1 is 1.14 bits per heavy atom. The minimum Gasteiger partial charge on any atom is -0.316 e. The topological polar surface area (TPSA) is 33.1 Å². The second kappa shape index (κ2) is 5.62. The maximum atomic E-state index is 4.50. The molecule has 110 valence electrons. The first kappa shape index (κ1) is 13.0. The molecule has 0 spiro atoms. The van der Waals surface area contributed by atoms with Gasteiger partial charge in [0.1, 0.15) is 0 Å². The van der Waals surface area contributed by atoms with Gasteiger partial charge < -0.3 is 5.32 Å². The number of fused-ring (bicyclic) bond motifs is 1. The van der Waals surface area contributed by atoms with Crippen molar-refractivity contribution < 1.29 is 0 Å². The van der Waals surface area contributed by atoms with Crippen LogP contribution in [-0.2, 0) is 6.54 Å². The Bertz CT molecular complexity index is 592. The number of aromatic nitrogens is 2. The highest BCUT2D eigenvalue weighted by Gasteiger charge is 2.32. The van der Waals surface area contributed by atoms with Crippen LogP contribution in [0.3, 0.4) is 0 Å². The zero-order valence-corrected chi connectivity index (χ0v) is 12.3. The average molecular weight is 282 g/mol. The van der Waals surface area contributed by atoms with Crippen molar-refractivity contribution in [1.82, 2.24) is 20.0 Å². The SMILES string of the molecule is c1ccc(-n2cc(CN3CCC4CNCC4C3)cn2)cc1. The van der Waals surface area contributed by atoms with Crippen molar-refractivity contribution in [3.63, 3.8) is 0 Å². The summed E-state index contributed by atoms with van der Waals surface area (Å²) in [5.74, 6) is 1.76. The van der Waals surface area contributed by atoms with E-state index in [4.69, 9.17) is 0 Å². The summed E-state index contributed by atoms with van der Waals surface area (Å²) in [6, 6.07) is 10.3. The molecule has 2 aromatic rings. The van der Waals surface area contributed by atoms with Gasteiger partial charge >= 0.3 is 0 Å². The molecule has 2 aliphatic rings. The summed E-state index contributed by atoms with van der Waals surface area (Å²) >= 11 is 0. The van der Waals surface area contributed by atoms with E-state index in [-0.39, 0.29) is 0 Å². The predicted molar refractivity (Wildman–Crippen MR) is 83.3 cm³/mol. The Morgan fingerprint density at radius 2 is 2.00 bits per heavy atom. The van der Waals surface area contributed by atoms with Crippen LogP contribution in [0.2, 0.25) is 0 Å². The van der Waals surface area contributed by atoms with Gasteiger partial charge in [-0.3, -0.25) is 4.90 Å². The van der Waals surface area contributed by atoms with Gasteiger partial charge in [-0.15, -0.1) is 0 Å². The molecule has 2 atom stereocenters. The maximum absolute atomic E-state index is 4.50. The molecule has 3 heterocycles. The highest BCUT2D eigenvalue weighted by Crippen LogP contribution is 2.27. The quantitative estimate of drug-likeness (QED) is 0.933. The fourth-order valence-electron chi connectivity index (χ4n) is 3.68. The molecule has 0 aliphatic carbocycles. The summed E-state index contributed by atoms with van der Waals surface area (Å²) in [6.07, 6.45) is 5.50. The third-order valence-corrected chi connectivity index (χ3v) is 4.85. The van der Waals surface area contributed by atoms with Crippen LogP contribution in [-0.4, -0.2) is 40.9 Å². The van der Waals surface area contributed by atoms with Crippen LogP contribution in [0.4, 0.5) is 0 Å². The molecule has 0 saturated carbocycles. The van der Waals surface area contributed by atoms with Crippen molar-refractivity contribution in [3.05, 3.63) is 48.3 Å². The lowest BCUT2D eigenvalue weighted by Gasteiger charge is -2.34. The molecule has 1 N–H and O–H groups in total. The van der Waals surface area contributed by atoms with E-state index >= 15 is 0 Å². The largest absolute Gasteiger partial charge is 0.316 e. The lowest BCUT2D eigenvalue weighted by Crippen LogP contribution is -2.39. The van der Waals surface area contributed by atoms with Gasteiger partial charge in [-0.1, -0.05) is 18.2 Å². The summed E-state index contributed by atoms with van der Waals surface area (Å²) in [7, 11) is 0. The Hall–Kier alpha value is -1.65. The molecule has 0 bridgehead atoms. The molecule has 2 aliphatic heterocycles. The molecule has 2 fully saturated rings. The lowest BCUT2D eigenvalue weighted by molar-refractivity contribution is 0.142. The molecule has 4 nitrogen and oxygen atoms in total. The normalized spacial score (nSPS) is 25.9. The number of nitrogens with one attached hydrogen (secondary N) is 1. The third kappa shape index (κ3) is 2.74. The van der Waals surface area contributed by atoms with E-state index in [1.54, 1.807) is 0 Å². The fourth-order valence-corrected chi connectivity index (χ4v) is 3.68. The highest BCUT2D eigenvalue weighted by molar-refractivity contribution is 5.30. The van der Waals surface area contributed by atoms with Crippen molar-refractivity contribution in [2.45, 2.75) is 13.0 Å². The smallest absolute Gasteiger partial charge is 0.0645 e. The molecule has 0 radical (unpaired) electrons. The summed E-state index contributed by atoms with van der Waals surface area (Å²) in [6.45, 7) is 5.90. The molecule has 4 rings (SSSR count). The number of nitrogens with zero attached hydrogens (tertiary/aromatic N) is 3. The molecule has 1 aromatic carbocycles. The van der Waals surface area contributed by atoms with Gasteiger partial charge in [-0.05, 0) is 50.0 Å². The van der Waals surface area contributed by atoms with Crippen LogP contribution in [0.15, 0.2) is 42.7 Å². The van der Waals surface area contributed by atoms with E-state index in [1.165, 1.54) is 38.2 Å². The summed E-state index contributed by atoms with van der Waals surface area (Å²) < 4.78 is 1.97. The number of piperidine rings is 1. The van der Waals surface area contributed by atoms with E-state index in [0.29, 0.717) is 0 Å². The summed E-state index contributed by atoms with van der Waals surface area (Å²) in [5.41, 5.74) is 2.44. The number of para-hydroxylation sites is 1. The van der Waals surface area contributed by atoms with Gasteiger partial charge in [0.15, 0.2) is 0 Å². The first-order valence-electron chi connectivity index (χ1n) is 7.90. The van der Waals surface area contributed by atoms with Crippen molar-refractivity contribution >= 4 is 0 Å². The van der Waals surface area contributed by atoms with E-state index in [9.17, 15) is 0 Å². The zero-order valence-electron chi connectivity index (χ0n) is 12.3. The van der Waals surface area contributed by atoms with Crippen LogP contribution >= 0.6 is 0 Å². The standard InChI is InChI=1S/C17H22N4/c1-2-4-17(5-3-1)21-12-14(8-19-21)11-20-7-6-15-9-18-10-16(15)13-20/h1-5,8,12,15-16,18H,6-7,9-11,13H2. The van der Waals surface area contributed by atoms with E-state index < -0.39 is 0 Å². The monoisotopic (exact) mass is 282 g/mol. The molecule has 2 unspecified atom stereocenters. The predicted octanol–water partition coefficient (Wildman–Crippen LogP) is 1.91. The minimum atomic E-state index is 0.850. The van der Waals surface area contributed by atoms with Gasteiger partial charge in [0.2, 0.25) is 0 Å². The van der Waals surface area contributed by atoms with Crippen molar-refractivity contribution in [1.29, 1.82) is 0 Å². The molecular weight excluding hydrogens is 260 g/mol.